The van der Waals surface area contributed by atoms with Gasteiger partial charge in [-0.1, -0.05) is 0 Å². The number of halogens is 2. The Hall–Kier alpha value is -2.86. The number of aromatic nitrogens is 3. The van der Waals surface area contributed by atoms with Gasteiger partial charge in [-0.2, -0.15) is 20.1 Å². The third kappa shape index (κ3) is 6.63. The number of nitro groups is 1. The molecule has 0 radical (unpaired) electrons. The number of methoxy groups -OCH3 is 1. The van der Waals surface area contributed by atoms with Crippen LogP contribution in [-0.2, 0) is 4.74 Å². The fourth-order valence-corrected chi connectivity index (χ4v) is 5.33. The first kappa shape index (κ1) is 25.2. The molecule has 14 heteroatoms. The van der Waals surface area contributed by atoms with Crippen LogP contribution in [-0.4, -0.2) is 59.5 Å². The summed E-state index contributed by atoms with van der Waals surface area (Å²) in [5, 5.41) is 18.3. The average molecular weight is 702 g/mol. The first-order valence-electron chi connectivity index (χ1n) is 10.4. The van der Waals surface area contributed by atoms with Crippen molar-refractivity contribution < 1.29 is 14.4 Å². The maximum Gasteiger partial charge on any atom is 0.269 e. The predicted octanol–water partition coefficient (Wildman–Crippen LogP) is 4.02. The molecule has 12 nitrogen and oxygen atoms in total. The van der Waals surface area contributed by atoms with Crippen LogP contribution >= 0.6 is 45.2 Å². The van der Waals surface area contributed by atoms with Gasteiger partial charge in [-0.05, 0) is 69.4 Å². The minimum Gasteiger partial charge on any atom is -0.495 e. The van der Waals surface area contributed by atoms with E-state index in [0.717, 1.165) is 18.5 Å². The number of morpholine rings is 1. The van der Waals surface area contributed by atoms with Crippen molar-refractivity contribution in [1.29, 1.82) is 0 Å². The SMILES string of the molecule is COc1c(I)cc(I)cc1/C=N/Nc1nc(Nc2ccc([N+](=O)[O-])cc2)nc(N2CCOCC2)n1. The molecule has 2 heterocycles. The van der Waals surface area contributed by atoms with Crippen molar-refractivity contribution in [3.63, 3.8) is 0 Å². The molecule has 182 valence electrons. The number of non-ortho nitro benzene ring substituents is 1. The standard InChI is InChI=1S/C21H20I2N8O4/c1-34-18-13(10-14(22)11-17(18)23)12-24-29-20-26-19(25-15-2-4-16(5-3-15)31(32)33)27-21(28-20)30-6-8-35-9-7-30/h2-5,10-12H,6-9H2,1H3,(H2,25,26,27,28,29)/b24-12+. The van der Waals surface area contributed by atoms with E-state index in [1.54, 1.807) is 25.5 Å². The smallest absolute Gasteiger partial charge is 0.269 e. The summed E-state index contributed by atoms with van der Waals surface area (Å²) in [4.78, 5) is 25.9. The van der Waals surface area contributed by atoms with Crippen molar-refractivity contribution in [1.82, 2.24) is 15.0 Å². The molecular weight excluding hydrogens is 682 g/mol. The lowest BCUT2D eigenvalue weighted by Crippen LogP contribution is -2.37. The maximum absolute atomic E-state index is 10.9. The molecule has 0 amide bonds. The molecule has 1 aromatic heterocycles. The summed E-state index contributed by atoms with van der Waals surface area (Å²) in [5.41, 5.74) is 4.28. The minimum absolute atomic E-state index is 0.00226. The first-order chi connectivity index (χ1) is 16.9. The van der Waals surface area contributed by atoms with Crippen LogP contribution in [0, 0.1) is 17.3 Å². The van der Waals surface area contributed by atoms with Gasteiger partial charge < -0.3 is 19.7 Å². The fraction of sp³-hybridized carbons (Fsp3) is 0.238. The second-order valence-corrected chi connectivity index (χ2v) is 9.60. The molecule has 0 bridgehead atoms. The van der Waals surface area contributed by atoms with Gasteiger partial charge in [0.2, 0.25) is 17.8 Å². The summed E-state index contributed by atoms with van der Waals surface area (Å²) in [5.74, 6) is 1.70. The van der Waals surface area contributed by atoms with Crippen molar-refractivity contribution in [2.45, 2.75) is 0 Å². The Kier molecular flexibility index (Phi) is 8.45. The van der Waals surface area contributed by atoms with Gasteiger partial charge in [-0.15, -0.1) is 0 Å². The van der Waals surface area contributed by atoms with Crippen molar-refractivity contribution in [3.05, 3.63) is 59.2 Å². The highest BCUT2D eigenvalue weighted by atomic mass is 127. The average Bonchev–Trinajstić information content (AvgIpc) is 2.84. The van der Waals surface area contributed by atoms with Gasteiger partial charge in [-0.25, -0.2) is 5.43 Å². The van der Waals surface area contributed by atoms with Gasteiger partial charge in [0.15, 0.2) is 0 Å². The van der Waals surface area contributed by atoms with E-state index in [1.807, 2.05) is 17.0 Å². The number of ether oxygens (including phenoxy) is 2. The van der Waals surface area contributed by atoms with Gasteiger partial charge in [-0.3, -0.25) is 10.1 Å². The zero-order valence-corrected chi connectivity index (χ0v) is 22.8. The zero-order valence-electron chi connectivity index (χ0n) is 18.4. The van der Waals surface area contributed by atoms with Crippen molar-refractivity contribution in [3.8, 4) is 5.75 Å². The lowest BCUT2D eigenvalue weighted by Gasteiger charge is -2.27. The Bertz CT molecular complexity index is 1240. The molecule has 0 unspecified atom stereocenters. The molecule has 1 saturated heterocycles. The van der Waals surface area contributed by atoms with Crippen molar-refractivity contribution in [2.75, 3.05) is 49.1 Å². The van der Waals surface area contributed by atoms with Crippen LogP contribution in [0.2, 0.25) is 0 Å². The highest BCUT2D eigenvalue weighted by Crippen LogP contribution is 2.27. The van der Waals surface area contributed by atoms with Crippen LogP contribution in [0.4, 0.5) is 29.2 Å². The summed E-state index contributed by atoms with van der Waals surface area (Å²) in [6.07, 6.45) is 1.64. The quantitative estimate of drug-likeness (QED) is 0.153. The number of benzene rings is 2. The number of hydrogen-bond acceptors (Lipinski definition) is 11. The van der Waals surface area contributed by atoms with E-state index in [0.29, 0.717) is 37.9 Å². The summed E-state index contributed by atoms with van der Waals surface area (Å²) in [6, 6.07) is 9.97. The van der Waals surface area contributed by atoms with Crippen LogP contribution in [0.5, 0.6) is 5.75 Å². The molecule has 0 saturated carbocycles. The van der Waals surface area contributed by atoms with Crippen LogP contribution in [0.15, 0.2) is 41.5 Å². The third-order valence-electron chi connectivity index (χ3n) is 4.86. The number of nitrogens with zero attached hydrogens (tertiary/aromatic N) is 6. The molecule has 2 aromatic carbocycles. The predicted molar refractivity (Wildman–Crippen MR) is 149 cm³/mol. The maximum atomic E-state index is 10.9. The number of hydrogen-bond donors (Lipinski definition) is 2. The largest absolute Gasteiger partial charge is 0.495 e. The highest BCUT2D eigenvalue weighted by molar-refractivity contribution is 14.1. The van der Waals surface area contributed by atoms with E-state index in [9.17, 15) is 10.1 Å². The van der Waals surface area contributed by atoms with Gasteiger partial charge in [0, 0.05) is 40.0 Å². The van der Waals surface area contributed by atoms with Crippen LogP contribution in [0.1, 0.15) is 5.56 Å². The number of anilines is 4. The monoisotopic (exact) mass is 702 g/mol. The molecule has 1 aliphatic heterocycles. The van der Waals surface area contributed by atoms with Crippen LogP contribution in [0.25, 0.3) is 0 Å². The minimum atomic E-state index is -0.451. The molecule has 0 aliphatic carbocycles. The molecule has 3 aromatic rings. The van der Waals surface area contributed by atoms with E-state index in [4.69, 9.17) is 9.47 Å². The van der Waals surface area contributed by atoms with Gasteiger partial charge in [0.1, 0.15) is 5.75 Å². The fourth-order valence-electron chi connectivity index (χ4n) is 3.22. The van der Waals surface area contributed by atoms with E-state index in [2.05, 4.69) is 76.0 Å². The molecule has 4 rings (SSSR count). The van der Waals surface area contributed by atoms with Gasteiger partial charge in [0.05, 0.1) is 35.0 Å². The summed E-state index contributed by atoms with van der Waals surface area (Å²) in [6.45, 7) is 2.43. The van der Waals surface area contributed by atoms with E-state index in [1.165, 1.54) is 12.1 Å². The zero-order chi connectivity index (χ0) is 24.8. The Morgan fingerprint density at radius 1 is 1.14 bits per heavy atom. The van der Waals surface area contributed by atoms with Gasteiger partial charge >= 0.3 is 0 Å². The Labute approximate surface area is 228 Å². The van der Waals surface area contributed by atoms with E-state index < -0.39 is 4.92 Å². The summed E-state index contributed by atoms with van der Waals surface area (Å²) >= 11 is 4.46. The molecule has 0 spiro atoms. The molecule has 1 aliphatic rings. The number of rotatable bonds is 8. The van der Waals surface area contributed by atoms with Gasteiger partial charge in [0.25, 0.3) is 5.69 Å². The normalized spacial score (nSPS) is 13.6. The number of nitrogens with one attached hydrogen (secondary N) is 2. The highest BCUT2D eigenvalue weighted by Gasteiger charge is 2.17. The van der Waals surface area contributed by atoms with Crippen molar-refractivity contribution >= 4 is 80.6 Å². The van der Waals surface area contributed by atoms with Crippen molar-refractivity contribution in [2.24, 2.45) is 5.10 Å². The molecule has 1 fully saturated rings. The topological polar surface area (TPSA) is 140 Å². The molecule has 0 atom stereocenters. The summed E-state index contributed by atoms with van der Waals surface area (Å²) in [7, 11) is 1.62. The second kappa shape index (κ2) is 11.7. The molecule has 2 N–H and O–H groups in total. The number of hydrazone groups is 1. The van der Waals surface area contributed by atoms with Crippen LogP contribution < -0.4 is 20.4 Å². The van der Waals surface area contributed by atoms with Crippen LogP contribution in [0.3, 0.4) is 0 Å². The molecular formula is C21H20I2N8O4. The Morgan fingerprint density at radius 2 is 1.86 bits per heavy atom. The van der Waals surface area contributed by atoms with E-state index in [-0.39, 0.29) is 17.6 Å². The second-order valence-electron chi connectivity index (χ2n) is 7.19. The Balaban J connectivity index is 1.59. The first-order valence-corrected chi connectivity index (χ1v) is 12.5. The summed E-state index contributed by atoms with van der Waals surface area (Å²) < 4.78 is 13.0. The lowest BCUT2D eigenvalue weighted by molar-refractivity contribution is -0.384. The molecule has 35 heavy (non-hydrogen) atoms. The third-order valence-corrected chi connectivity index (χ3v) is 6.29. The number of nitro benzene ring substituents is 1. The Morgan fingerprint density at radius 3 is 2.54 bits per heavy atom. The van der Waals surface area contributed by atoms with E-state index >= 15 is 0 Å². The lowest BCUT2D eigenvalue weighted by atomic mass is 10.2.